The van der Waals surface area contributed by atoms with Gasteiger partial charge in [-0.25, -0.2) is 4.68 Å². The molecule has 0 unspecified atom stereocenters. The van der Waals surface area contributed by atoms with Crippen LogP contribution in [0.2, 0.25) is 0 Å². The van der Waals surface area contributed by atoms with Crippen molar-refractivity contribution in [1.82, 2.24) is 19.9 Å². The van der Waals surface area contributed by atoms with Gasteiger partial charge in [0.2, 0.25) is 0 Å². The van der Waals surface area contributed by atoms with Gasteiger partial charge in [-0.15, -0.1) is 5.10 Å². The molecule has 0 saturated carbocycles. The first-order valence-electron chi connectivity index (χ1n) is 6.89. The fraction of sp³-hybridized carbons (Fsp3) is 0.429. The monoisotopic (exact) mass is 273 g/mol. The molecular weight excluding hydrogens is 254 g/mol. The van der Waals surface area contributed by atoms with E-state index in [1.165, 1.54) is 0 Å². The summed E-state index contributed by atoms with van der Waals surface area (Å²) in [5.74, 6) is 0.226. The Morgan fingerprint density at radius 3 is 2.85 bits per heavy atom. The Morgan fingerprint density at radius 2 is 2.10 bits per heavy atom. The summed E-state index contributed by atoms with van der Waals surface area (Å²) < 4.78 is 1.69. The van der Waals surface area contributed by atoms with Crippen molar-refractivity contribution >= 4 is 0 Å². The van der Waals surface area contributed by atoms with Crippen LogP contribution < -0.4 is 5.73 Å². The molecule has 0 spiro atoms. The summed E-state index contributed by atoms with van der Waals surface area (Å²) in [5, 5.41) is 17.8. The highest BCUT2D eigenvalue weighted by molar-refractivity contribution is 5.37. The van der Waals surface area contributed by atoms with E-state index in [2.05, 4.69) is 15.2 Å². The molecule has 3 N–H and O–H groups in total. The predicted octanol–water partition coefficient (Wildman–Crippen LogP) is 0.896. The summed E-state index contributed by atoms with van der Waals surface area (Å²) in [6.07, 6.45) is 3.99. The predicted molar refractivity (Wildman–Crippen MR) is 75.5 cm³/mol. The second-order valence-electron chi connectivity index (χ2n) is 5.29. The highest BCUT2D eigenvalue weighted by Crippen LogP contribution is 2.15. The molecule has 0 aliphatic carbocycles. The molecule has 2 aromatic rings. The number of hydrogen-bond acceptors (Lipinski definition) is 5. The molecule has 0 atom stereocenters. The van der Waals surface area contributed by atoms with Crippen molar-refractivity contribution in [3.63, 3.8) is 0 Å². The fourth-order valence-electron chi connectivity index (χ4n) is 2.47. The number of rotatable bonds is 3. The van der Waals surface area contributed by atoms with Gasteiger partial charge in [0.1, 0.15) is 5.75 Å². The van der Waals surface area contributed by atoms with Gasteiger partial charge >= 0.3 is 0 Å². The van der Waals surface area contributed by atoms with E-state index in [1.54, 1.807) is 22.9 Å². The van der Waals surface area contributed by atoms with Crippen LogP contribution >= 0.6 is 0 Å². The lowest BCUT2D eigenvalue weighted by Gasteiger charge is -2.29. The summed E-state index contributed by atoms with van der Waals surface area (Å²) in [6, 6.07) is 7.32. The zero-order valence-electron chi connectivity index (χ0n) is 11.3. The van der Waals surface area contributed by atoms with Gasteiger partial charge < -0.3 is 10.8 Å². The first kappa shape index (κ1) is 13.1. The lowest BCUT2D eigenvalue weighted by Crippen LogP contribution is -2.39. The maximum Gasteiger partial charge on any atom is 0.117 e. The summed E-state index contributed by atoms with van der Waals surface area (Å²) in [7, 11) is 0. The largest absolute Gasteiger partial charge is 0.508 e. The molecule has 1 aliphatic heterocycles. The van der Waals surface area contributed by atoms with Gasteiger partial charge in [0.05, 0.1) is 17.6 Å². The van der Waals surface area contributed by atoms with Gasteiger partial charge in [-0.05, 0) is 25.0 Å². The van der Waals surface area contributed by atoms with E-state index < -0.39 is 0 Å². The van der Waals surface area contributed by atoms with Crippen molar-refractivity contribution in [3.8, 4) is 11.4 Å². The van der Waals surface area contributed by atoms with Gasteiger partial charge in [-0.1, -0.05) is 11.3 Å². The molecule has 0 bridgehead atoms. The molecule has 1 aromatic carbocycles. The zero-order valence-corrected chi connectivity index (χ0v) is 11.3. The van der Waals surface area contributed by atoms with Crippen LogP contribution in [0.25, 0.3) is 5.69 Å². The first-order valence-corrected chi connectivity index (χ1v) is 6.89. The average molecular weight is 273 g/mol. The number of phenolic OH excluding ortho intramolecular Hbond substituents is 1. The maximum atomic E-state index is 9.49. The lowest BCUT2D eigenvalue weighted by molar-refractivity contribution is 0.203. The summed E-state index contributed by atoms with van der Waals surface area (Å²) in [4.78, 5) is 2.35. The van der Waals surface area contributed by atoms with Crippen LogP contribution in [0.15, 0.2) is 30.5 Å². The molecule has 2 heterocycles. The molecular formula is C14H19N5O. The van der Waals surface area contributed by atoms with E-state index in [1.807, 2.05) is 12.3 Å². The van der Waals surface area contributed by atoms with Crippen molar-refractivity contribution in [1.29, 1.82) is 0 Å². The third kappa shape index (κ3) is 2.97. The van der Waals surface area contributed by atoms with Gasteiger partial charge in [0.15, 0.2) is 0 Å². The number of aromatic nitrogens is 3. The molecule has 1 saturated heterocycles. The number of nitrogens with zero attached hydrogens (tertiary/aromatic N) is 4. The zero-order chi connectivity index (χ0) is 13.9. The van der Waals surface area contributed by atoms with E-state index in [4.69, 9.17) is 5.73 Å². The maximum absolute atomic E-state index is 9.49. The molecule has 20 heavy (non-hydrogen) atoms. The van der Waals surface area contributed by atoms with Gasteiger partial charge in [0.25, 0.3) is 0 Å². The highest BCUT2D eigenvalue weighted by Gasteiger charge is 2.17. The molecule has 0 radical (unpaired) electrons. The summed E-state index contributed by atoms with van der Waals surface area (Å²) >= 11 is 0. The Labute approximate surface area is 117 Å². The van der Waals surface area contributed by atoms with Crippen molar-refractivity contribution < 1.29 is 5.11 Å². The quantitative estimate of drug-likeness (QED) is 0.868. The number of benzene rings is 1. The SMILES string of the molecule is NC1CCN(Cc2cn(-c3cccc(O)c3)nn2)CC1. The molecule has 1 aliphatic rings. The number of likely N-dealkylation sites (tertiary alicyclic amines) is 1. The van der Waals surface area contributed by atoms with E-state index in [-0.39, 0.29) is 5.75 Å². The molecule has 1 fully saturated rings. The van der Waals surface area contributed by atoms with E-state index in [0.29, 0.717) is 6.04 Å². The summed E-state index contributed by atoms with van der Waals surface area (Å²) in [6.45, 7) is 2.83. The highest BCUT2D eigenvalue weighted by atomic mass is 16.3. The lowest BCUT2D eigenvalue weighted by atomic mass is 10.1. The Bertz CT molecular complexity index is 574. The number of phenols is 1. The number of piperidine rings is 1. The Balaban J connectivity index is 1.68. The number of hydrogen-bond donors (Lipinski definition) is 2. The molecule has 106 valence electrons. The van der Waals surface area contributed by atoms with Crippen LogP contribution in [0.1, 0.15) is 18.5 Å². The Kier molecular flexibility index (Phi) is 3.66. The molecule has 1 aromatic heterocycles. The van der Waals surface area contributed by atoms with Crippen LogP contribution in [-0.2, 0) is 6.54 Å². The number of aromatic hydroxyl groups is 1. The van der Waals surface area contributed by atoms with Crippen LogP contribution in [0.5, 0.6) is 5.75 Å². The average Bonchev–Trinajstić information content (AvgIpc) is 2.90. The Morgan fingerprint density at radius 1 is 1.30 bits per heavy atom. The van der Waals surface area contributed by atoms with Crippen molar-refractivity contribution in [2.45, 2.75) is 25.4 Å². The van der Waals surface area contributed by atoms with Crippen LogP contribution in [0.3, 0.4) is 0 Å². The first-order chi connectivity index (χ1) is 9.70. The van der Waals surface area contributed by atoms with Gasteiger partial charge in [0, 0.05) is 31.7 Å². The van der Waals surface area contributed by atoms with E-state index in [0.717, 1.165) is 43.9 Å². The molecule has 0 amide bonds. The van der Waals surface area contributed by atoms with Gasteiger partial charge in [-0.3, -0.25) is 4.90 Å². The van der Waals surface area contributed by atoms with Crippen LogP contribution in [0, 0.1) is 0 Å². The van der Waals surface area contributed by atoms with Gasteiger partial charge in [-0.2, -0.15) is 0 Å². The molecule has 6 heteroatoms. The number of nitrogens with two attached hydrogens (primary N) is 1. The minimum Gasteiger partial charge on any atom is -0.508 e. The smallest absolute Gasteiger partial charge is 0.117 e. The minimum atomic E-state index is 0.226. The standard InChI is InChI=1S/C14H19N5O/c15-11-4-6-18(7-5-11)9-12-10-19(17-16-12)13-2-1-3-14(20)8-13/h1-3,8,10-11,20H,4-7,9,15H2. The second kappa shape index (κ2) is 5.60. The van der Waals surface area contributed by atoms with Crippen molar-refractivity contribution in [3.05, 3.63) is 36.2 Å². The fourth-order valence-corrected chi connectivity index (χ4v) is 2.47. The minimum absolute atomic E-state index is 0.226. The third-order valence-corrected chi connectivity index (χ3v) is 3.65. The van der Waals surface area contributed by atoms with Crippen molar-refractivity contribution in [2.75, 3.05) is 13.1 Å². The summed E-state index contributed by atoms with van der Waals surface area (Å²) in [5.41, 5.74) is 7.65. The van der Waals surface area contributed by atoms with E-state index >= 15 is 0 Å². The van der Waals surface area contributed by atoms with Crippen molar-refractivity contribution in [2.24, 2.45) is 5.73 Å². The normalized spacial score (nSPS) is 17.4. The molecule has 6 nitrogen and oxygen atoms in total. The van der Waals surface area contributed by atoms with Crippen LogP contribution in [0.4, 0.5) is 0 Å². The second-order valence-corrected chi connectivity index (χ2v) is 5.29. The van der Waals surface area contributed by atoms with E-state index in [9.17, 15) is 5.11 Å². The molecule has 3 rings (SSSR count). The topological polar surface area (TPSA) is 80.2 Å². The Hall–Kier alpha value is -1.92. The third-order valence-electron chi connectivity index (χ3n) is 3.65. The van der Waals surface area contributed by atoms with Crippen LogP contribution in [-0.4, -0.2) is 44.1 Å².